The number of hydrogen-bond donors (Lipinski definition) is 1. The third-order valence-corrected chi connectivity index (χ3v) is 8.79. The standard InChI is InChI=1S/C30H36N4O6S2/c1-5-14-39-15-16-40-23-8-6-22(7-9-23)28(36)32-30-31-19-27(42-30)41-26-18-24(25(38-4)17-20(26)2)29(37)34-12-10-33(11-13-34)21(3)35/h6-9,17-19H,5,10-16H2,1-4H3,(H,31,32,36). The molecule has 224 valence electrons. The van der Waals surface area contributed by atoms with Gasteiger partial charge >= 0.3 is 0 Å². The van der Waals surface area contributed by atoms with Crippen LogP contribution < -0.4 is 14.8 Å². The number of benzene rings is 2. The van der Waals surface area contributed by atoms with E-state index in [-0.39, 0.29) is 17.7 Å². The Balaban J connectivity index is 1.37. The minimum atomic E-state index is -0.267. The topological polar surface area (TPSA) is 110 Å². The Morgan fingerprint density at radius 2 is 1.74 bits per heavy atom. The van der Waals surface area contributed by atoms with E-state index in [1.165, 1.54) is 23.1 Å². The summed E-state index contributed by atoms with van der Waals surface area (Å²) in [7, 11) is 1.55. The number of rotatable bonds is 12. The van der Waals surface area contributed by atoms with E-state index in [0.29, 0.717) is 73.8 Å². The molecule has 0 atom stereocenters. The number of carbonyl (C=O) groups excluding carboxylic acids is 3. The van der Waals surface area contributed by atoms with Gasteiger partial charge < -0.3 is 24.0 Å². The monoisotopic (exact) mass is 612 g/mol. The van der Waals surface area contributed by atoms with Crippen molar-refractivity contribution in [1.82, 2.24) is 14.8 Å². The summed E-state index contributed by atoms with van der Waals surface area (Å²) in [5, 5.41) is 3.33. The number of aromatic nitrogens is 1. The van der Waals surface area contributed by atoms with Crippen molar-refractivity contribution in [2.45, 2.75) is 36.3 Å². The molecule has 1 aliphatic rings. The minimum absolute atomic E-state index is 0.0146. The van der Waals surface area contributed by atoms with E-state index in [0.717, 1.165) is 21.1 Å². The first-order valence-corrected chi connectivity index (χ1v) is 15.4. The van der Waals surface area contributed by atoms with Gasteiger partial charge in [-0.05, 0) is 55.3 Å². The van der Waals surface area contributed by atoms with E-state index >= 15 is 0 Å². The lowest BCUT2D eigenvalue weighted by molar-refractivity contribution is -0.130. The van der Waals surface area contributed by atoms with Crippen LogP contribution in [0, 0.1) is 6.92 Å². The van der Waals surface area contributed by atoms with Crippen LogP contribution >= 0.6 is 23.1 Å². The molecule has 0 radical (unpaired) electrons. The number of anilines is 1. The Bertz CT molecular complexity index is 1390. The molecule has 1 saturated heterocycles. The van der Waals surface area contributed by atoms with E-state index < -0.39 is 0 Å². The zero-order valence-electron chi connectivity index (χ0n) is 24.3. The first-order valence-electron chi connectivity index (χ1n) is 13.8. The molecule has 2 aromatic carbocycles. The summed E-state index contributed by atoms with van der Waals surface area (Å²) in [5.41, 5.74) is 1.92. The number of ether oxygens (including phenoxy) is 3. The van der Waals surface area contributed by atoms with Crippen LogP contribution in [0.15, 0.2) is 51.7 Å². The maximum atomic E-state index is 13.4. The first kappa shape index (κ1) is 31.3. The van der Waals surface area contributed by atoms with E-state index in [4.69, 9.17) is 14.2 Å². The molecule has 4 rings (SSSR count). The molecule has 0 saturated carbocycles. The van der Waals surface area contributed by atoms with Gasteiger partial charge in [0.1, 0.15) is 18.1 Å². The second-order valence-electron chi connectivity index (χ2n) is 9.64. The number of carbonyl (C=O) groups is 3. The zero-order valence-corrected chi connectivity index (χ0v) is 25.9. The van der Waals surface area contributed by atoms with E-state index in [1.807, 2.05) is 19.1 Å². The molecular formula is C30H36N4O6S2. The van der Waals surface area contributed by atoms with Crippen molar-refractivity contribution >= 4 is 46.0 Å². The summed E-state index contributed by atoms with van der Waals surface area (Å²) in [6, 6.07) is 10.6. The summed E-state index contributed by atoms with van der Waals surface area (Å²) in [6.45, 7) is 9.21. The average Bonchev–Trinajstić information content (AvgIpc) is 3.44. The van der Waals surface area contributed by atoms with Crippen molar-refractivity contribution in [1.29, 1.82) is 0 Å². The summed E-state index contributed by atoms with van der Waals surface area (Å²) in [6.07, 6.45) is 2.67. The van der Waals surface area contributed by atoms with Crippen molar-refractivity contribution in [3.63, 3.8) is 0 Å². The zero-order chi connectivity index (χ0) is 30.1. The van der Waals surface area contributed by atoms with Crippen LogP contribution in [0.5, 0.6) is 11.5 Å². The number of nitrogens with zero attached hydrogens (tertiary/aromatic N) is 3. The van der Waals surface area contributed by atoms with Crippen LogP contribution in [0.3, 0.4) is 0 Å². The maximum Gasteiger partial charge on any atom is 0.257 e. The number of amides is 3. The molecule has 0 spiro atoms. The lowest BCUT2D eigenvalue weighted by Crippen LogP contribution is -2.50. The van der Waals surface area contributed by atoms with Crippen molar-refractivity contribution in [2.75, 3.05) is 58.4 Å². The van der Waals surface area contributed by atoms with Gasteiger partial charge in [-0.15, -0.1) is 0 Å². The fourth-order valence-electron chi connectivity index (χ4n) is 4.31. The fourth-order valence-corrected chi connectivity index (χ4v) is 6.25. The van der Waals surface area contributed by atoms with E-state index in [9.17, 15) is 14.4 Å². The Morgan fingerprint density at radius 3 is 2.40 bits per heavy atom. The van der Waals surface area contributed by atoms with Crippen molar-refractivity contribution in [2.24, 2.45) is 0 Å². The molecule has 1 aliphatic heterocycles. The summed E-state index contributed by atoms with van der Waals surface area (Å²) >= 11 is 2.83. The highest BCUT2D eigenvalue weighted by atomic mass is 32.2. The molecule has 1 N–H and O–H groups in total. The van der Waals surface area contributed by atoms with Gasteiger partial charge in [-0.25, -0.2) is 4.98 Å². The van der Waals surface area contributed by atoms with Gasteiger partial charge in [0.2, 0.25) is 5.91 Å². The molecule has 42 heavy (non-hydrogen) atoms. The smallest absolute Gasteiger partial charge is 0.257 e. The molecule has 0 unspecified atom stereocenters. The first-order chi connectivity index (χ1) is 20.3. The third kappa shape index (κ3) is 8.24. The molecule has 10 nitrogen and oxygen atoms in total. The molecule has 12 heteroatoms. The van der Waals surface area contributed by atoms with Crippen LogP contribution in [0.4, 0.5) is 5.13 Å². The van der Waals surface area contributed by atoms with Crippen LogP contribution in [0.25, 0.3) is 0 Å². The number of thiazole rings is 1. The molecule has 0 bridgehead atoms. The summed E-state index contributed by atoms with van der Waals surface area (Å²) in [5.74, 6) is 0.799. The molecule has 1 aromatic heterocycles. The van der Waals surface area contributed by atoms with Gasteiger partial charge in [-0.3, -0.25) is 19.7 Å². The van der Waals surface area contributed by atoms with Gasteiger partial charge in [0.25, 0.3) is 11.8 Å². The normalized spacial score (nSPS) is 13.1. The molecule has 1 fully saturated rings. The average molecular weight is 613 g/mol. The fraction of sp³-hybridized carbons (Fsp3) is 0.400. The van der Waals surface area contributed by atoms with E-state index in [1.54, 1.807) is 54.3 Å². The third-order valence-electron chi connectivity index (χ3n) is 6.62. The Morgan fingerprint density at radius 1 is 1.02 bits per heavy atom. The molecule has 3 aromatic rings. The van der Waals surface area contributed by atoms with Gasteiger partial charge in [0.15, 0.2) is 5.13 Å². The van der Waals surface area contributed by atoms with Crippen molar-refractivity contribution in [3.8, 4) is 11.5 Å². The lowest BCUT2D eigenvalue weighted by atomic mass is 10.1. The van der Waals surface area contributed by atoms with Gasteiger partial charge in [-0.2, -0.15) is 0 Å². The van der Waals surface area contributed by atoms with Gasteiger partial charge in [0, 0.05) is 50.2 Å². The van der Waals surface area contributed by atoms with E-state index in [2.05, 4.69) is 17.2 Å². The molecule has 0 aliphatic carbocycles. The van der Waals surface area contributed by atoms with Crippen molar-refractivity contribution in [3.05, 3.63) is 59.3 Å². The second-order valence-corrected chi connectivity index (χ2v) is 12.0. The van der Waals surface area contributed by atoms with Crippen LogP contribution in [0.2, 0.25) is 0 Å². The molecule has 3 amide bonds. The second kappa shape index (κ2) is 15.0. The largest absolute Gasteiger partial charge is 0.496 e. The quantitative estimate of drug-likeness (QED) is 0.286. The van der Waals surface area contributed by atoms with Crippen LogP contribution in [-0.4, -0.2) is 85.6 Å². The highest BCUT2D eigenvalue weighted by molar-refractivity contribution is 8.01. The number of hydrogen-bond acceptors (Lipinski definition) is 9. The molecule has 2 heterocycles. The van der Waals surface area contributed by atoms with Crippen LogP contribution in [-0.2, 0) is 9.53 Å². The Kier molecular flexibility index (Phi) is 11.2. The van der Waals surface area contributed by atoms with Crippen LogP contribution in [0.1, 0.15) is 46.5 Å². The molecular weight excluding hydrogens is 576 g/mol. The Hall–Kier alpha value is -3.61. The van der Waals surface area contributed by atoms with Gasteiger partial charge in [-0.1, -0.05) is 30.0 Å². The number of nitrogens with one attached hydrogen (secondary N) is 1. The predicted octanol–water partition coefficient (Wildman–Crippen LogP) is 4.97. The Labute approximate surface area is 254 Å². The predicted molar refractivity (Wildman–Crippen MR) is 163 cm³/mol. The number of methoxy groups -OCH3 is 1. The van der Waals surface area contributed by atoms with Gasteiger partial charge in [0.05, 0.1) is 29.7 Å². The summed E-state index contributed by atoms with van der Waals surface area (Å²) in [4.78, 5) is 46.6. The minimum Gasteiger partial charge on any atom is -0.496 e. The van der Waals surface area contributed by atoms with Crippen molar-refractivity contribution < 1.29 is 28.6 Å². The number of aryl methyl sites for hydroxylation is 1. The highest BCUT2D eigenvalue weighted by Crippen LogP contribution is 2.38. The highest BCUT2D eigenvalue weighted by Gasteiger charge is 2.26. The summed E-state index contributed by atoms with van der Waals surface area (Å²) < 4.78 is 17.5. The number of piperazine rings is 1. The lowest BCUT2D eigenvalue weighted by Gasteiger charge is -2.34. The SMILES string of the molecule is CCCOCCOc1ccc(C(=O)Nc2ncc(Sc3cc(C(=O)N4CCN(C(C)=O)CC4)c(OC)cc3C)s2)cc1. The maximum absolute atomic E-state index is 13.4.